The first-order valence-corrected chi connectivity index (χ1v) is 3.08. The Balaban J connectivity index is 2.60. The van der Waals surface area contributed by atoms with E-state index in [-0.39, 0.29) is 5.92 Å². The minimum atomic E-state index is 0.135. The molecule has 0 aromatic carbocycles. The number of allylic oxidation sites excluding steroid dienone is 3. The van der Waals surface area contributed by atoms with Crippen LogP contribution in [0.5, 0.6) is 0 Å². The van der Waals surface area contributed by atoms with E-state index in [1.807, 2.05) is 12.2 Å². The van der Waals surface area contributed by atoms with Crippen molar-refractivity contribution in [3.8, 4) is 6.07 Å². The molecule has 0 saturated heterocycles. The normalized spacial score (nSPS) is 25.7. The molecule has 0 aromatic rings. The zero-order chi connectivity index (χ0) is 6.69. The number of hydrogen-bond acceptors (Lipinski definition) is 1. The van der Waals surface area contributed by atoms with E-state index in [1.165, 1.54) is 0 Å². The topological polar surface area (TPSA) is 23.8 Å². The summed E-state index contributed by atoms with van der Waals surface area (Å²) in [6, 6.07) is 2.20. The third-order valence-electron chi connectivity index (χ3n) is 1.51. The Hall–Kier alpha value is -1.03. The van der Waals surface area contributed by atoms with Crippen LogP contribution in [0.1, 0.15) is 12.8 Å². The summed E-state index contributed by atoms with van der Waals surface area (Å²) in [5.41, 5.74) is 1.14. The Morgan fingerprint density at radius 1 is 1.78 bits per heavy atom. The van der Waals surface area contributed by atoms with E-state index in [1.54, 1.807) is 0 Å². The van der Waals surface area contributed by atoms with E-state index in [0.717, 1.165) is 18.4 Å². The van der Waals surface area contributed by atoms with Gasteiger partial charge in [-0.05, 0) is 12.8 Å². The second-order valence-electron chi connectivity index (χ2n) is 2.29. The highest BCUT2D eigenvalue weighted by Crippen LogP contribution is 2.18. The van der Waals surface area contributed by atoms with E-state index >= 15 is 0 Å². The van der Waals surface area contributed by atoms with Crippen molar-refractivity contribution >= 4 is 0 Å². The van der Waals surface area contributed by atoms with Gasteiger partial charge in [0.2, 0.25) is 0 Å². The molecule has 1 heteroatoms. The zero-order valence-corrected chi connectivity index (χ0v) is 5.30. The van der Waals surface area contributed by atoms with Gasteiger partial charge in [0, 0.05) is 0 Å². The molecule has 0 radical (unpaired) electrons. The molecule has 46 valence electrons. The van der Waals surface area contributed by atoms with Crippen LogP contribution in [0.25, 0.3) is 0 Å². The molecule has 0 heterocycles. The Bertz CT molecular complexity index is 183. The highest BCUT2D eigenvalue weighted by molar-refractivity contribution is 5.21. The molecule has 1 atom stereocenters. The molecule has 0 aromatic heterocycles. The van der Waals surface area contributed by atoms with Crippen molar-refractivity contribution in [3.05, 3.63) is 24.3 Å². The van der Waals surface area contributed by atoms with E-state index < -0.39 is 0 Å². The first-order valence-electron chi connectivity index (χ1n) is 3.08. The largest absolute Gasteiger partial charge is 0.198 e. The molecule has 0 amide bonds. The van der Waals surface area contributed by atoms with Crippen LogP contribution in [0.15, 0.2) is 24.3 Å². The van der Waals surface area contributed by atoms with Crippen LogP contribution in [-0.4, -0.2) is 0 Å². The van der Waals surface area contributed by atoms with Crippen LogP contribution < -0.4 is 0 Å². The van der Waals surface area contributed by atoms with Gasteiger partial charge in [-0.15, -0.1) is 0 Å². The lowest BCUT2D eigenvalue weighted by molar-refractivity contribution is 0.702. The quantitative estimate of drug-likeness (QED) is 0.478. The summed E-state index contributed by atoms with van der Waals surface area (Å²) < 4.78 is 0. The highest BCUT2D eigenvalue weighted by atomic mass is 14.3. The summed E-state index contributed by atoms with van der Waals surface area (Å²) in [6.07, 6.45) is 5.80. The zero-order valence-electron chi connectivity index (χ0n) is 5.30. The fourth-order valence-electron chi connectivity index (χ4n) is 0.880. The third kappa shape index (κ3) is 1.43. The van der Waals surface area contributed by atoms with Crippen molar-refractivity contribution in [2.45, 2.75) is 12.8 Å². The monoisotopic (exact) mass is 119 g/mol. The SMILES string of the molecule is C=C1C=CC(C#N)CC1. The summed E-state index contributed by atoms with van der Waals surface area (Å²) in [5.74, 6) is 0.135. The van der Waals surface area contributed by atoms with E-state index in [2.05, 4.69) is 12.6 Å². The fourth-order valence-corrected chi connectivity index (χ4v) is 0.880. The second-order valence-corrected chi connectivity index (χ2v) is 2.29. The van der Waals surface area contributed by atoms with E-state index in [0.29, 0.717) is 0 Å². The number of hydrogen-bond donors (Lipinski definition) is 0. The Morgan fingerprint density at radius 3 is 3.00 bits per heavy atom. The van der Waals surface area contributed by atoms with Crippen LogP contribution >= 0.6 is 0 Å². The number of nitrogens with zero attached hydrogens (tertiary/aromatic N) is 1. The van der Waals surface area contributed by atoms with Gasteiger partial charge in [-0.25, -0.2) is 0 Å². The first kappa shape index (κ1) is 6.10. The second kappa shape index (κ2) is 2.50. The lowest BCUT2D eigenvalue weighted by Crippen LogP contribution is -1.97. The molecule has 0 fully saturated rings. The smallest absolute Gasteiger partial charge is 0.0697 e. The maximum Gasteiger partial charge on any atom is 0.0697 e. The maximum absolute atomic E-state index is 8.45. The predicted octanol–water partition coefficient (Wildman–Crippen LogP) is 2.03. The van der Waals surface area contributed by atoms with Gasteiger partial charge < -0.3 is 0 Å². The Labute approximate surface area is 55.3 Å². The number of nitriles is 1. The predicted molar refractivity (Wildman–Crippen MR) is 36.6 cm³/mol. The van der Waals surface area contributed by atoms with Crippen molar-refractivity contribution in [1.29, 1.82) is 5.26 Å². The standard InChI is InChI=1S/C8H9N/c1-7-2-4-8(6-9)5-3-7/h2,4,8H,1,3,5H2. The van der Waals surface area contributed by atoms with Gasteiger partial charge in [0.05, 0.1) is 12.0 Å². The van der Waals surface area contributed by atoms with E-state index in [9.17, 15) is 0 Å². The molecule has 1 nitrogen and oxygen atoms in total. The van der Waals surface area contributed by atoms with Gasteiger partial charge in [0.25, 0.3) is 0 Å². The van der Waals surface area contributed by atoms with Crippen molar-refractivity contribution in [3.63, 3.8) is 0 Å². The van der Waals surface area contributed by atoms with Crippen molar-refractivity contribution in [2.75, 3.05) is 0 Å². The molecule has 1 unspecified atom stereocenters. The van der Waals surface area contributed by atoms with Crippen molar-refractivity contribution < 1.29 is 0 Å². The van der Waals surface area contributed by atoms with Gasteiger partial charge in [-0.3, -0.25) is 0 Å². The molecule has 1 aliphatic rings. The highest BCUT2D eigenvalue weighted by Gasteiger charge is 2.07. The minimum Gasteiger partial charge on any atom is -0.198 e. The average Bonchev–Trinajstić information content (AvgIpc) is 1.90. The fraction of sp³-hybridized carbons (Fsp3) is 0.375. The number of rotatable bonds is 0. The van der Waals surface area contributed by atoms with E-state index in [4.69, 9.17) is 5.26 Å². The molecule has 0 N–H and O–H groups in total. The molecule has 9 heavy (non-hydrogen) atoms. The van der Waals surface area contributed by atoms with Crippen LogP contribution in [-0.2, 0) is 0 Å². The summed E-state index contributed by atoms with van der Waals surface area (Å²) in [5, 5.41) is 8.45. The molecular weight excluding hydrogens is 110 g/mol. The lowest BCUT2D eigenvalue weighted by Gasteiger charge is -2.08. The lowest BCUT2D eigenvalue weighted by atomic mass is 9.95. The molecule has 0 bridgehead atoms. The molecule has 1 rings (SSSR count). The first-order chi connectivity index (χ1) is 4.33. The average molecular weight is 119 g/mol. The van der Waals surface area contributed by atoms with Gasteiger partial charge in [0.1, 0.15) is 0 Å². The van der Waals surface area contributed by atoms with Gasteiger partial charge in [-0.2, -0.15) is 5.26 Å². The minimum absolute atomic E-state index is 0.135. The summed E-state index contributed by atoms with van der Waals surface area (Å²) in [7, 11) is 0. The Morgan fingerprint density at radius 2 is 2.56 bits per heavy atom. The van der Waals surface area contributed by atoms with Gasteiger partial charge in [0.15, 0.2) is 0 Å². The molecule has 1 aliphatic carbocycles. The third-order valence-corrected chi connectivity index (χ3v) is 1.51. The summed E-state index contributed by atoms with van der Waals surface area (Å²) in [6.45, 7) is 3.79. The van der Waals surface area contributed by atoms with Crippen LogP contribution in [0, 0.1) is 17.2 Å². The van der Waals surface area contributed by atoms with Gasteiger partial charge >= 0.3 is 0 Å². The summed E-state index contributed by atoms with van der Waals surface area (Å²) in [4.78, 5) is 0. The molecule has 0 saturated carbocycles. The molecular formula is C8H9N. The molecule has 0 spiro atoms. The van der Waals surface area contributed by atoms with Crippen molar-refractivity contribution in [1.82, 2.24) is 0 Å². The van der Waals surface area contributed by atoms with Gasteiger partial charge in [-0.1, -0.05) is 24.3 Å². The molecule has 0 aliphatic heterocycles. The van der Waals surface area contributed by atoms with Crippen molar-refractivity contribution in [2.24, 2.45) is 5.92 Å². The van der Waals surface area contributed by atoms with Crippen LogP contribution in [0.2, 0.25) is 0 Å². The van der Waals surface area contributed by atoms with Crippen LogP contribution in [0.4, 0.5) is 0 Å². The van der Waals surface area contributed by atoms with Crippen LogP contribution in [0.3, 0.4) is 0 Å². The Kier molecular flexibility index (Phi) is 1.69. The maximum atomic E-state index is 8.45. The summed E-state index contributed by atoms with van der Waals surface area (Å²) >= 11 is 0.